The molecule has 0 saturated heterocycles. The lowest BCUT2D eigenvalue weighted by Gasteiger charge is -2.10. The first-order valence-electron chi connectivity index (χ1n) is 6.03. The molecule has 0 bridgehead atoms. The molecule has 2 aromatic rings. The third kappa shape index (κ3) is 3.56. The van der Waals surface area contributed by atoms with Crippen LogP contribution in [-0.4, -0.2) is 30.7 Å². The second-order valence-electron chi connectivity index (χ2n) is 4.20. The van der Waals surface area contributed by atoms with E-state index in [2.05, 4.69) is 27.5 Å². The fourth-order valence-corrected chi connectivity index (χ4v) is 1.56. The minimum Gasteiger partial charge on any atom is -0.507 e. The van der Waals surface area contributed by atoms with Crippen LogP contribution >= 0.6 is 0 Å². The zero-order valence-electron chi connectivity index (χ0n) is 11.3. The summed E-state index contributed by atoms with van der Waals surface area (Å²) in [6, 6.07) is 6.04. The van der Waals surface area contributed by atoms with Crippen molar-refractivity contribution in [2.45, 2.75) is 6.54 Å². The molecule has 2 rings (SSSR count). The first kappa shape index (κ1) is 15.0. The van der Waals surface area contributed by atoms with Crippen molar-refractivity contribution in [1.82, 2.24) is 25.6 Å². The number of allylic oxidation sites excluding steroid dienone is 1. The molecule has 0 fully saturated rings. The van der Waals surface area contributed by atoms with Crippen molar-refractivity contribution in [3.05, 3.63) is 58.5 Å². The highest BCUT2D eigenvalue weighted by molar-refractivity contribution is 5.96. The molecule has 1 amide bonds. The Hall–Kier alpha value is -3.43. The van der Waals surface area contributed by atoms with Crippen LogP contribution in [0.25, 0.3) is 0 Å². The lowest BCUT2D eigenvalue weighted by molar-refractivity contribution is -0.394. The number of para-hydroxylation sites is 1. The number of carbonyl (C=O) groups is 1. The standard InChI is InChI=1S/C12H12N6O4/c1-8(6-17-7-13-12(16-17)18(21)22)14-15-11(20)9-4-2-3-5-10(9)19/h2-5,7,14,19H,1,6H2,(H,15,20). The molecule has 10 nitrogen and oxygen atoms in total. The van der Waals surface area contributed by atoms with Gasteiger partial charge in [-0.15, -0.1) is 0 Å². The van der Waals surface area contributed by atoms with Crippen molar-refractivity contribution >= 4 is 11.9 Å². The number of carbonyl (C=O) groups excluding carboxylic acids is 1. The normalized spacial score (nSPS) is 10.0. The fourth-order valence-electron chi connectivity index (χ4n) is 1.56. The van der Waals surface area contributed by atoms with Gasteiger partial charge in [0.2, 0.25) is 6.33 Å². The van der Waals surface area contributed by atoms with Crippen LogP contribution in [0, 0.1) is 10.1 Å². The molecule has 0 atom stereocenters. The summed E-state index contributed by atoms with van der Waals surface area (Å²) in [6.07, 6.45) is 1.18. The van der Waals surface area contributed by atoms with Gasteiger partial charge in [0.1, 0.15) is 5.75 Å². The molecular weight excluding hydrogens is 292 g/mol. The number of nitrogens with zero attached hydrogens (tertiary/aromatic N) is 4. The van der Waals surface area contributed by atoms with Gasteiger partial charge in [-0.2, -0.15) is 4.68 Å². The molecular formula is C12H12N6O4. The zero-order chi connectivity index (χ0) is 16.1. The molecule has 0 radical (unpaired) electrons. The van der Waals surface area contributed by atoms with Crippen molar-refractivity contribution in [3.8, 4) is 5.75 Å². The summed E-state index contributed by atoms with van der Waals surface area (Å²) in [6.45, 7) is 3.72. The van der Waals surface area contributed by atoms with Crippen molar-refractivity contribution in [3.63, 3.8) is 0 Å². The molecule has 1 aromatic carbocycles. The van der Waals surface area contributed by atoms with Crippen LogP contribution in [0.3, 0.4) is 0 Å². The van der Waals surface area contributed by atoms with E-state index in [-0.39, 0.29) is 17.9 Å². The van der Waals surface area contributed by atoms with Gasteiger partial charge in [-0.3, -0.25) is 10.2 Å². The summed E-state index contributed by atoms with van der Waals surface area (Å²) < 4.78 is 1.19. The Morgan fingerprint density at radius 3 is 2.77 bits per heavy atom. The second kappa shape index (κ2) is 6.35. The number of benzene rings is 1. The highest BCUT2D eigenvalue weighted by Gasteiger charge is 2.14. The van der Waals surface area contributed by atoms with Crippen LogP contribution in [0.5, 0.6) is 5.75 Å². The number of aromatic nitrogens is 3. The van der Waals surface area contributed by atoms with Gasteiger partial charge in [0.15, 0.2) is 0 Å². The number of hydrazine groups is 1. The Bertz CT molecular complexity index is 726. The van der Waals surface area contributed by atoms with Crippen LogP contribution in [-0.2, 0) is 6.54 Å². The van der Waals surface area contributed by atoms with Crippen LogP contribution in [0.1, 0.15) is 10.4 Å². The Morgan fingerprint density at radius 1 is 1.41 bits per heavy atom. The predicted molar refractivity (Wildman–Crippen MR) is 74.5 cm³/mol. The van der Waals surface area contributed by atoms with E-state index in [0.29, 0.717) is 5.70 Å². The molecule has 22 heavy (non-hydrogen) atoms. The van der Waals surface area contributed by atoms with Gasteiger partial charge in [-0.05, 0) is 17.1 Å². The van der Waals surface area contributed by atoms with E-state index >= 15 is 0 Å². The van der Waals surface area contributed by atoms with Crippen LogP contribution in [0.4, 0.5) is 5.95 Å². The average molecular weight is 304 g/mol. The minimum absolute atomic E-state index is 0.0713. The first-order chi connectivity index (χ1) is 10.5. The number of hydrogen-bond acceptors (Lipinski definition) is 7. The van der Waals surface area contributed by atoms with E-state index in [0.717, 1.165) is 0 Å². The molecule has 0 aliphatic heterocycles. The van der Waals surface area contributed by atoms with Gasteiger partial charge < -0.3 is 20.6 Å². The molecule has 1 heterocycles. The summed E-state index contributed by atoms with van der Waals surface area (Å²) in [4.78, 5) is 25.0. The first-order valence-corrected chi connectivity index (χ1v) is 6.03. The average Bonchev–Trinajstić information content (AvgIpc) is 2.94. The Balaban J connectivity index is 1.88. The van der Waals surface area contributed by atoms with E-state index in [1.807, 2.05) is 0 Å². The Kier molecular flexibility index (Phi) is 4.32. The van der Waals surface area contributed by atoms with Gasteiger partial charge in [0.25, 0.3) is 5.91 Å². The smallest absolute Gasteiger partial charge is 0.490 e. The quantitative estimate of drug-likeness (QED) is 0.517. The summed E-state index contributed by atoms with van der Waals surface area (Å²) in [7, 11) is 0. The van der Waals surface area contributed by atoms with E-state index in [4.69, 9.17) is 0 Å². The monoisotopic (exact) mass is 304 g/mol. The van der Waals surface area contributed by atoms with E-state index in [1.54, 1.807) is 12.1 Å². The van der Waals surface area contributed by atoms with Gasteiger partial charge in [0, 0.05) is 10.8 Å². The number of phenolic OH excluding ortho intramolecular Hbond substituents is 1. The number of amides is 1. The maximum Gasteiger partial charge on any atom is 0.490 e. The Labute approximate surface area is 124 Å². The highest BCUT2D eigenvalue weighted by atomic mass is 16.6. The van der Waals surface area contributed by atoms with Crippen LogP contribution < -0.4 is 10.9 Å². The predicted octanol–water partition coefficient (Wildman–Crippen LogP) is 0.340. The molecule has 0 spiro atoms. The summed E-state index contributed by atoms with van der Waals surface area (Å²) in [5.41, 5.74) is 5.30. The lowest BCUT2D eigenvalue weighted by Crippen LogP contribution is -2.37. The fraction of sp³-hybridized carbons (Fsp3) is 0.0833. The number of phenols is 1. The number of hydrogen-bond donors (Lipinski definition) is 3. The third-order valence-electron chi connectivity index (χ3n) is 2.54. The molecule has 0 unspecified atom stereocenters. The zero-order valence-corrected chi connectivity index (χ0v) is 11.3. The lowest BCUT2D eigenvalue weighted by atomic mass is 10.2. The molecule has 3 N–H and O–H groups in total. The molecule has 1 aromatic heterocycles. The SMILES string of the molecule is C=C(Cn1cnc([N+](=O)[O-])n1)NNC(=O)c1ccccc1O. The number of aromatic hydroxyl groups is 1. The maximum absolute atomic E-state index is 11.8. The van der Waals surface area contributed by atoms with Crippen molar-refractivity contribution in [1.29, 1.82) is 0 Å². The topological polar surface area (TPSA) is 135 Å². The summed E-state index contributed by atoms with van der Waals surface area (Å²) >= 11 is 0. The van der Waals surface area contributed by atoms with Gasteiger partial charge in [-0.1, -0.05) is 23.7 Å². The van der Waals surface area contributed by atoms with Crippen molar-refractivity contribution < 1.29 is 14.8 Å². The minimum atomic E-state index is -0.716. The third-order valence-corrected chi connectivity index (χ3v) is 2.54. The van der Waals surface area contributed by atoms with Gasteiger partial charge >= 0.3 is 5.95 Å². The van der Waals surface area contributed by atoms with E-state index in [9.17, 15) is 20.0 Å². The highest BCUT2D eigenvalue weighted by Crippen LogP contribution is 2.14. The maximum atomic E-state index is 11.8. The van der Waals surface area contributed by atoms with Crippen molar-refractivity contribution in [2.24, 2.45) is 0 Å². The summed E-state index contributed by atoms with van der Waals surface area (Å²) in [5.74, 6) is -1.23. The van der Waals surface area contributed by atoms with E-state index < -0.39 is 16.8 Å². The van der Waals surface area contributed by atoms with Gasteiger partial charge in [0.05, 0.1) is 12.1 Å². The number of nitrogens with one attached hydrogen (secondary N) is 2. The largest absolute Gasteiger partial charge is 0.507 e. The van der Waals surface area contributed by atoms with E-state index in [1.165, 1.54) is 23.1 Å². The molecule has 0 aliphatic carbocycles. The van der Waals surface area contributed by atoms with Crippen LogP contribution in [0.2, 0.25) is 0 Å². The number of nitro groups is 1. The molecule has 10 heteroatoms. The molecule has 114 valence electrons. The van der Waals surface area contributed by atoms with Crippen molar-refractivity contribution in [2.75, 3.05) is 0 Å². The summed E-state index contributed by atoms with van der Waals surface area (Å²) in [5, 5.41) is 23.6. The molecule has 0 saturated carbocycles. The molecule has 0 aliphatic rings. The van der Waals surface area contributed by atoms with Crippen LogP contribution in [0.15, 0.2) is 42.9 Å². The van der Waals surface area contributed by atoms with Gasteiger partial charge in [-0.25, -0.2) is 0 Å². The Morgan fingerprint density at radius 2 is 2.14 bits per heavy atom. The number of rotatable bonds is 6. The second-order valence-corrected chi connectivity index (χ2v) is 4.20.